The van der Waals surface area contributed by atoms with Crippen molar-refractivity contribution in [2.75, 3.05) is 0 Å². The van der Waals surface area contributed by atoms with Crippen LogP contribution in [0.5, 0.6) is 0 Å². The van der Waals surface area contributed by atoms with Crippen molar-refractivity contribution in [2.45, 2.75) is 19.5 Å². The maximum Gasteiger partial charge on any atom is 0.419 e. The summed E-state index contributed by atoms with van der Waals surface area (Å²) in [7, 11) is 0. The minimum atomic E-state index is -4.56. The lowest BCUT2D eigenvalue weighted by molar-refractivity contribution is -0.128. The molecule has 0 radical (unpaired) electrons. The Morgan fingerprint density at radius 1 is 1.50 bits per heavy atom. The van der Waals surface area contributed by atoms with Gasteiger partial charge in [0, 0.05) is 6.42 Å². The Kier molecular flexibility index (Phi) is 2.63. The van der Waals surface area contributed by atoms with Crippen LogP contribution >= 0.6 is 0 Å². The molecular formula is C6H7F3O. The molecule has 0 saturated heterocycles. The highest BCUT2D eigenvalue weighted by Crippen LogP contribution is 2.24. The number of carbonyl (C=O) groups excluding carboxylic acids is 1. The highest BCUT2D eigenvalue weighted by molar-refractivity contribution is 5.95. The topological polar surface area (TPSA) is 17.1 Å². The van der Waals surface area contributed by atoms with Gasteiger partial charge in [-0.3, -0.25) is 4.79 Å². The third-order valence-electron chi connectivity index (χ3n) is 1.000. The van der Waals surface area contributed by atoms with Crippen LogP contribution in [0.25, 0.3) is 0 Å². The maximum atomic E-state index is 11.6. The smallest absolute Gasteiger partial charge is 0.294 e. The third kappa shape index (κ3) is 2.21. The summed E-state index contributed by atoms with van der Waals surface area (Å²) in [6.07, 6.45) is -4.72. The second-order valence-electron chi connectivity index (χ2n) is 1.75. The molecule has 0 aliphatic carbocycles. The summed E-state index contributed by atoms with van der Waals surface area (Å²) in [4.78, 5) is 10.3. The first-order chi connectivity index (χ1) is 4.39. The van der Waals surface area contributed by atoms with Gasteiger partial charge in [0.1, 0.15) is 0 Å². The molecule has 0 saturated carbocycles. The molecular weight excluding hydrogens is 145 g/mol. The average Bonchev–Trinajstić information content (AvgIpc) is 1.83. The van der Waals surface area contributed by atoms with Gasteiger partial charge < -0.3 is 0 Å². The van der Waals surface area contributed by atoms with Crippen molar-refractivity contribution in [2.24, 2.45) is 0 Å². The first-order valence-corrected chi connectivity index (χ1v) is 2.69. The molecule has 0 bridgehead atoms. The van der Waals surface area contributed by atoms with E-state index in [2.05, 4.69) is 6.58 Å². The highest BCUT2D eigenvalue weighted by Gasteiger charge is 2.35. The number of rotatable bonds is 2. The zero-order valence-electron chi connectivity index (χ0n) is 5.46. The average molecular weight is 152 g/mol. The summed E-state index contributed by atoms with van der Waals surface area (Å²) in [5, 5.41) is 0. The lowest BCUT2D eigenvalue weighted by atomic mass is 10.1. The molecule has 1 nitrogen and oxygen atoms in total. The van der Waals surface area contributed by atoms with Crippen molar-refractivity contribution < 1.29 is 18.0 Å². The minimum absolute atomic E-state index is 0.154. The lowest BCUT2D eigenvalue weighted by Crippen LogP contribution is -2.18. The van der Waals surface area contributed by atoms with Gasteiger partial charge in [0.2, 0.25) is 0 Å². The molecule has 0 aliphatic rings. The largest absolute Gasteiger partial charge is 0.419 e. The number of hydrogen-bond acceptors (Lipinski definition) is 1. The van der Waals surface area contributed by atoms with Gasteiger partial charge in [-0.25, -0.2) is 0 Å². The molecule has 0 amide bonds. The van der Waals surface area contributed by atoms with E-state index in [0.29, 0.717) is 0 Å². The first-order valence-electron chi connectivity index (χ1n) is 2.69. The zero-order valence-corrected chi connectivity index (χ0v) is 5.46. The summed E-state index contributed by atoms with van der Waals surface area (Å²) < 4.78 is 34.7. The van der Waals surface area contributed by atoms with Crippen molar-refractivity contribution in [1.82, 2.24) is 0 Å². The van der Waals surface area contributed by atoms with Crippen LogP contribution in [0.3, 0.4) is 0 Å². The molecule has 0 unspecified atom stereocenters. The van der Waals surface area contributed by atoms with Gasteiger partial charge >= 0.3 is 6.18 Å². The fraction of sp³-hybridized carbons (Fsp3) is 0.500. The van der Waals surface area contributed by atoms with E-state index in [0.717, 1.165) is 0 Å². The quantitative estimate of drug-likeness (QED) is 0.553. The predicted octanol–water partition coefficient (Wildman–Crippen LogP) is 2.08. The number of hydrogen-bond donors (Lipinski definition) is 0. The Bertz CT molecular complexity index is 157. The van der Waals surface area contributed by atoms with Gasteiger partial charge in [0.15, 0.2) is 5.78 Å². The molecule has 58 valence electrons. The van der Waals surface area contributed by atoms with Crippen molar-refractivity contribution in [1.29, 1.82) is 0 Å². The Balaban J connectivity index is 4.24. The van der Waals surface area contributed by atoms with Gasteiger partial charge in [-0.1, -0.05) is 13.5 Å². The van der Waals surface area contributed by atoms with Crippen LogP contribution in [-0.4, -0.2) is 12.0 Å². The minimum Gasteiger partial charge on any atom is -0.294 e. The van der Waals surface area contributed by atoms with Crippen molar-refractivity contribution in [3.63, 3.8) is 0 Å². The molecule has 10 heavy (non-hydrogen) atoms. The molecule has 0 aromatic heterocycles. The van der Waals surface area contributed by atoms with Crippen LogP contribution in [0.4, 0.5) is 13.2 Å². The molecule has 0 fully saturated rings. The summed E-state index contributed by atoms with van der Waals surface area (Å²) in [6, 6.07) is 0. The number of allylic oxidation sites excluding steroid dienone is 1. The second-order valence-corrected chi connectivity index (χ2v) is 1.75. The Morgan fingerprint density at radius 2 is 1.90 bits per heavy atom. The number of alkyl halides is 3. The van der Waals surface area contributed by atoms with E-state index in [4.69, 9.17) is 0 Å². The number of Topliss-reactive ketones (excluding diaryl/α,β-unsaturated/α-hetero) is 1. The van der Waals surface area contributed by atoms with E-state index in [1.165, 1.54) is 6.92 Å². The highest BCUT2D eigenvalue weighted by atomic mass is 19.4. The van der Waals surface area contributed by atoms with Crippen molar-refractivity contribution in [3.05, 3.63) is 12.2 Å². The summed E-state index contributed by atoms with van der Waals surface area (Å²) in [6.45, 7) is 3.98. The van der Waals surface area contributed by atoms with E-state index in [-0.39, 0.29) is 6.42 Å². The van der Waals surface area contributed by atoms with E-state index in [1.807, 2.05) is 0 Å². The number of halogens is 3. The molecule has 4 heteroatoms. The zero-order chi connectivity index (χ0) is 8.36. The number of carbonyl (C=O) groups is 1. The summed E-state index contributed by atoms with van der Waals surface area (Å²) in [5.74, 6) is -0.951. The second kappa shape index (κ2) is 2.86. The fourth-order valence-electron chi connectivity index (χ4n) is 0.371. The van der Waals surface area contributed by atoms with Crippen LogP contribution in [0, 0.1) is 0 Å². The Labute approximate surface area is 56.5 Å². The van der Waals surface area contributed by atoms with Gasteiger partial charge in [-0.05, 0) is 0 Å². The molecule has 0 atom stereocenters. The molecule has 0 N–H and O–H groups in total. The first kappa shape index (κ1) is 9.20. The monoisotopic (exact) mass is 152 g/mol. The van der Waals surface area contributed by atoms with Crippen LogP contribution in [-0.2, 0) is 4.79 Å². The molecule has 0 aromatic rings. The predicted molar refractivity (Wildman–Crippen MR) is 30.5 cm³/mol. The van der Waals surface area contributed by atoms with Crippen molar-refractivity contribution in [3.8, 4) is 0 Å². The van der Waals surface area contributed by atoms with Gasteiger partial charge in [0.05, 0.1) is 5.57 Å². The molecule has 0 rings (SSSR count). The Hall–Kier alpha value is -0.800. The molecule has 0 heterocycles. The summed E-state index contributed by atoms with van der Waals surface area (Å²) in [5.41, 5.74) is -1.27. The summed E-state index contributed by atoms with van der Waals surface area (Å²) >= 11 is 0. The van der Waals surface area contributed by atoms with Crippen LogP contribution < -0.4 is 0 Å². The van der Waals surface area contributed by atoms with Crippen LogP contribution in [0.2, 0.25) is 0 Å². The van der Waals surface area contributed by atoms with E-state index in [1.54, 1.807) is 0 Å². The maximum absolute atomic E-state index is 11.6. The molecule has 0 aromatic carbocycles. The normalized spacial score (nSPS) is 11.2. The van der Waals surface area contributed by atoms with Gasteiger partial charge in [0.25, 0.3) is 0 Å². The van der Waals surface area contributed by atoms with Crippen molar-refractivity contribution >= 4 is 5.78 Å². The lowest BCUT2D eigenvalue weighted by Gasteiger charge is -2.06. The SMILES string of the molecule is C=C(C(=O)CC)C(F)(F)F. The number of ketones is 1. The van der Waals surface area contributed by atoms with Gasteiger partial charge in [-0.2, -0.15) is 13.2 Å². The fourth-order valence-corrected chi connectivity index (χ4v) is 0.371. The molecule has 0 aliphatic heterocycles. The third-order valence-corrected chi connectivity index (χ3v) is 1.000. The molecule has 0 spiro atoms. The standard InChI is InChI=1S/C6H7F3O/c1-3-5(10)4(2)6(7,8)9/h2-3H2,1H3. The van der Waals surface area contributed by atoms with E-state index in [9.17, 15) is 18.0 Å². The van der Waals surface area contributed by atoms with Crippen LogP contribution in [0.1, 0.15) is 13.3 Å². The van der Waals surface area contributed by atoms with E-state index < -0.39 is 17.5 Å². The Morgan fingerprint density at radius 3 is 2.00 bits per heavy atom. The van der Waals surface area contributed by atoms with Crippen LogP contribution in [0.15, 0.2) is 12.2 Å². The van der Waals surface area contributed by atoms with E-state index >= 15 is 0 Å². The van der Waals surface area contributed by atoms with Gasteiger partial charge in [-0.15, -0.1) is 0 Å².